The van der Waals surface area contributed by atoms with Crippen molar-refractivity contribution in [2.75, 3.05) is 0 Å². The van der Waals surface area contributed by atoms with E-state index < -0.39 is 0 Å². The van der Waals surface area contributed by atoms with Gasteiger partial charge in [0.15, 0.2) is 0 Å². The van der Waals surface area contributed by atoms with E-state index in [0.717, 1.165) is 23.7 Å². The van der Waals surface area contributed by atoms with Crippen LogP contribution in [0.5, 0.6) is 0 Å². The Labute approximate surface area is 119 Å². The van der Waals surface area contributed by atoms with Crippen LogP contribution in [0.15, 0.2) is 42.6 Å². The van der Waals surface area contributed by atoms with Gasteiger partial charge in [-0.3, -0.25) is 4.98 Å². The molecule has 1 aromatic carbocycles. The molecule has 0 amide bonds. The topological polar surface area (TPSA) is 24.9 Å². The van der Waals surface area contributed by atoms with Crippen molar-refractivity contribution in [1.29, 1.82) is 0 Å². The Kier molecular flexibility index (Phi) is 4.94. The average Bonchev–Trinajstić information content (AvgIpc) is 2.45. The summed E-state index contributed by atoms with van der Waals surface area (Å²) >= 11 is 5.90. The first-order valence-corrected chi connectivity index (χ1v) is 7.00. The molecule has 2 aromatic rings. The van der Waals surface area contributed by atoms with E-state index in [1.165, 1.54) is 11.1 Å². The number of pyridine rings is 1. The van der Waals surface area contributed by atoms with Gasteiger partial charge in [0.25, 0.3) is 0 Å². The molecule has 3 heteroatoms. The number of halogens is 1. The standard InChI is InChI=1S/C16H19ClN2/c1-3-13-5-4-10-18-16(13)11-19-12(2)14-6-8-15(17)9-7-14/h4-10,12,19H,3,11H2,1-2H3. The van der Waals surface area contributed by atoms with Crippen LogP contribution in [0.25, 0.3) is 0 Å². The zero-order chi connectivity index (χ0) is 13.7. The van der Waals surface area contributed by atoms with E-state index in [1.54, 1.807) is 0 Å². The number of rotatable bonds is 5. The summed E-state index contributed by atoms with van der Waals surface area (Å²) in [5.41, 5.74) is 3.67. The van der Waals surface area contributed by atoms with E-state index in [-0.39, 0.29) is 6.04 Å². The molecule has 0 aliphatic heterocycles. The minimum Gasteiger partial charge on any atom is -0.305 e. The van der Waals surface area contributed by atoms with Crippen molar-refractivity contribution < 1.29 is 0 Å². The van der Waals surface area contributed by atoms with Gasteiger partial charge >= 0.3 is 0 Å². The van der Waals surface area contributed by atoms with Crippen molar-refractivity contribution >= 4 is 11.6 Å². The number of hydrogen-bond acceptors (Lipinski definition) is 2. The summed E-state index contributed by atoms with van der Waals surface area (Å²) in [6, 6.07) is 12.4. The van der Waals surface area contributed by atoms with Crippen molar-refractivity contribution in [2.24, 2.45) is 0 Å². The molecule has 0 bridgehead atoms. The normalized spacial score (nSPS) is 12.4. The third kappa shape index (κ3) is 3.79. The fraction of sp³-hybridized carbons (Fsp3) is 0.312. The second-order valence-electron chi connectivity index (χ2n) is 4.62. The molecule has 1 atom stereocenters. The molecule has 0 fully saturated rings. The van der Waals surface area contributed by atoms with Gasteiger partial charge in [-0.15, -0.1) is 0 Å². The van der Waals surface area contributed by atoms with E-state index in [9.17, 15) is 0 Å². The monoisotopic (exact) mass is 274 g/mol. The van der Waals surface area contributed by atoms with Crippen LogP contribution in [0.2, 0.25) is 5.02 Å². The molecule has 0 aliphatic carbocycles. The lowest BCUT2D eigenvalue weighted by Crippen LogP contribution is -2.19. The van der Waals surface area contributed by atoms with Crippen LogP contribution in [-0.2, 0) is 13.0 Å². The molecule has 0 saturated heterocycles. The molecular formula is C16H19ClN2. The van der Waals surface area contributed by atoms with E-state index >= 15 is 0 Å². The Bertz CT molecular complexity index is 523. The minimum absolute atomic E-state index is 0.281. The van der Waals surface area contributed by atoms with Crippen LogP contribution in [0.3, 0.4) is 0 Å². The number of aromatic nitrogens is 1. The highest BCUT2D eigenvalue weighted by atomic mass is 35.5. The van der Waals surface area contributed by atoms with Gasteiger partial charge in [-0.2, -0.15) is 0 Å². The first kappa shape index (κ1) is 14.0. The van der Waals surface area contributed by atoms with Crippen LogP contribution in [0, 0.1) is 0 Å². The second-order valence-corrected chi connectivity index (χ2v) is 5.05. The second kappa shape index (κ2) is 6.69. The van der Waals surface area contributed by atoms with Crippen molar-refractivity contribution in [3.63, 3.8) is 0 Å². The highest BCUT2D eigenvalue weighted by Gasteiger charge is 2.07. The molecule has 0 aliphatic rings. The fourth-order valence-electron chi connectivity index (χ4n) is 2.07. The Hall–Kier alpha value is -1.38. The summed E-state index contributed by atoms with van der Waals surface area (Å²) in [5, 5.41) is 4.28. The zero-order valence-corrected chi connectivity index (χ0v) is 12.1. The molecule has 0 spiro atoms. The van der Waals surface area contributed by atoms with Crippen LogP contribution >= 0.6 is 11.6 Å². The largest absolute Gasteiger partial charge is 0.305 e. The maximum Gasteiger partial charge on any atom is 0.0573 e. The summed E-state index contributed by atoms with van der Waals surface area (Å²) in [4.78, 5) is 4.45. The maximum atomic E-state index is 5.90. The summed E-state index contributed by atoms with van der Waals surface area (Å²) < 4.78 is 0. The van der Waals surface area contributed by atoms with Crippen LogP contribution < -0.4 is 5.32 Å². The van der Waals surface area contributed by atoms with Gasteiger partial charge in [-0.1, -0.05) is 36.7 Å². The highest BCUT2D eigenvalue weighted by molar-refractivity contribution is 6.30. The van der Waals surface area contributed by atoms with Gasteiger partial charge < -0.3 is 5.32 Å². The van der Waals surface area contributed by atoms with Crippen molar-refractivity contribution in [3.8, 4) is 0 Å². The Morgan fingerprint density at radius 2 is 1.95 bits per heavy atom. The van der Waals surface area contributed by atoms with Gasteiger partial charge in [0.2, 0.25) is 0 Å². The Morgan fingerprint density at radius 1 is 1.21 bits per heavy atom. The molecule has 0 radical (unpaired) electrons. The highest BCUT2D eigenvalue weighted by Crippen LogP contribution is 2.16. The third-order valence-corrected chi connectivity index (χ3v) is 3.56. The molecule has 1 aromatic heterocycles. The average molecular weight is 275 g/mol. The van der Waals surface area contributed by atoms with E-state index in [2.05, 4.69) is 42.3 Å². The summed E-state index contributed by atoms with van der Waals surface area (Å²) in [6.07, 6.45) is 2.86. The van der Waals surface area contributed by atoms with E-state index in [0.29, 0.717) is 0 Å². The number of hydrogen-bond donors (Lipinski definition) is 1. The third-order valence-electron chi connectivity index (χ3n) is 3.31. The smallest absolute Gasteiger partial charge is 0.0573 e. The van der Waals surface area contributed by atoms with E-state index in [4.69, 9.17) is 11.6 Å². The molecule has 19 heavy (non-hydrogen) atoms. The minimum atomic E-state index is 0.281. The van der Waals surface area contributed by atoms with Gasteiger partial charge in [0.05, 0.1) is 5.69 Å². The predicted octanol–water partition coefficient (Wildman–Crippen LogP) is 4.15. The Morgan fingerprint density at radius 3 is 2.63 bits per heavy atom. The number of benzene rings is 1. The lowest BCUT2D eigenvalue weighted by Gasteiger charge is -2.15. The zero-order valence-electron chi connectivity index (χ0n) is 11.4. The van der Waals surface area contributed by atoms with Crippen molar-refractivity contribution in [3.05, 3.63) is 64.4 Å². The molecule has 2 rings (SSSR count). The lowest BCUT2D eigenvalue weighted by atomic mass is 10.1. The van der Waals surface area contributed by atoms with Crippen LogP contribution in [0.4, 0.5) is 0 Å². The van der Waals surface area contributed by atoms with Crippen LogP contribution in [0.1, 0.15) is 36.7 Å². The van der Waals surface area contributed by atoms with Gasteiger partial charge in [-0.05, 0) is 42.7 Å². The van der Waals surface area contributed by atoms with Crippen molar-refractivity contribution in [1.82, 2.24) is 10.3 Å². The molecule has 1 heterocycles. The number of nitrogens with one attached hydrogen (secondary N) is 1. The number of nitrogens with zero attached hydrogens (tertiary/aromatic N) is 1. The molecule has 0 saturated carbocycles. The first-order valence-electron chi connectivity index (χ1n) is 6.62. The quantitative estimate of drug-likeness (QED) is 0.886. The van der Waals surface area contributed by atoms with Crippen LogP contribution in [-0.4, -0.2) is 4.98 Å². The van der Waals surface area contributed by atoms with Crippen molar-refractivity contribution in [2.45, 2.75) is 32.9 Å². The molecule has 2 nitrogen and oxygen atoms in total. The number of aryl methyl sites for hydroxylation is 1. The Balaban J connectivity index is 2.00. The van der Waals surface area contributed by atoms with E-state index in [1.807, 2.05) is 24.4 Å². The molecule has 100 valence electrons. The SMILES string of the molecule is CCc1cccnc1CNC(C)c1ccc(Cl)cc1. The van der Waals surface area contributed by atoms with Gasteiger partial charge in [0.1, 0.15) is 0 Å². The lowest BCUT2D eigenvalue weighted by molar-refractivity contribution is 0.565. The summed E-state index contributed by atoms with van der Waals surface area (Å²) in [6.45, 7) is 5.09. The maximum absolute atomic E-state index is 5.90. The predicted molar refractivity (Wildman–Crippen MR) is 80.3 cm³/mol. The summed E-state index contributed by atoms with van der Waals surface area (Å²) in [5.74, 6) is 0. The van der Waals surface area contributed by atoms with Gasteiger partial charge in [0, 0.05) is 23.8 Å². The first-order chi connectivity index (χ1) is 9.20. The molecule has 1 unspecified atom stereocenters. The molecular weight excluding hydrogens is 256 g/mol. The molecule has 1 N–H and O–H groups in total. The van der Waals surface area contributed by atoms with Gasteiger partial charge in [-0.25, -0.2) is 0 Å². The fourth-order valence-corrected chi connectivity index (χ4v) is 2.20. The summed E-state index contributed by atoms with van der Waals surface area (Å²) in [7, 11) is 0.